The minimum Gasteiger partial charge on any atom is -0.399 e. The van der Waals surface area contributed by atoms with E-state index in [1.807, 2.05) is 48.5 Å². The summed E-state index contributed by atoms with van der Waals surface area (Å²) in [7, 11) is 0. The lowest BCUT2D eigenvalue weighted by atomic mass is 10.0. The van der Waals surface area contributed by atoms with Gasteiger partial charge in [-0.1, -0.05) is 48.5 Å². The summed E-state index contributed by atoms with van der Waals surface area (Å²) >= 11 is 3.43. The van der Waals surface area contributed by atoms with Gasteiger partial charge in [-0.3, -0.25) is 0 Å². The highest BCUT2D eigenvalue weighted by Crippen LogP contribution is 2.43. The highest BCUT2D eigenvalue weighted by atomic mass is 32.1. The monoisotopic (exact) mass is 708 g/mol. The van der Waals surface area contributed by atoms with Crippen LogP contribution in [0.1, 0.15) is 22.8 Å². The molecule has 0 unspecified atom stereocenters. The fourth-order valence-electron chi connectivity index (χ4n) is 6.76. The largest absolute Gasteiger partial charge is 0.399 e. The smallest absolute Gasteiger partial charge is 0.0730 e. The van der Waals surface area contributed by atoms with Crippen LogP contribution in [0.5, 0.6) is 0 Å². The molecule has 7 aromatic rings. The Balaban J connectivity index is 1.47. The van der Waals surface area contributed by atoms with E-state index in [4.69, 9.17) is 32.9 Å². The molecule has 0 saturated carbocycles. The number of hydrogen-bond donors (Lipinski definition) is 4. The minimum atomic E-state index is 0.709. The number of fused-ring (bicyclic) bond motifs is 8. The van der Waals surface area contributed by atoms with Crippen LogP contribution in [0, 0.1) is 0 Å². The second kappa shape index (κ2) is 12.7. The van der Waals surface area contributed by atoms with E-state index < -0.39 is 0 Å². The zero-order chi connectivity index (χ0) is 35.3. The third kappa shape index (κ3) is 5.70. The number of nitrogens with two attached hydrogens (primary N) is 4. The van der Waals surface area contributed by atoms with Gasteiger partial charge in [-0.2, -0.15) is 0 Å². The summed E-state index contributed by atoms with van der Waals surface area (Å²) in [6, 6.07) is 40.8. The van der Waals surface area contributed by atoms with Crippen LogP contribution in [0.15, 0.2) is 121 Å². The van der Waals surface area contributed by atoms with Crippen molar-refractivity contribution in [2.24, 2.45) is 0 Å². The summed E-state index contributed by atoms with van der Waals surface area (Å²) in [5.41, 5.74) is 39.2. The first-order chi connectivity index (χ1) is 25.4. The first-order valence-corrected chi connectivity index (χ1v) is 18.4. The molecule has 8 bridgehead atoms. The second-order valence-electron chi connectivity index (χ2n) is 12.7. The van der Waals surface area contributed by atoms with Crippen molar-refractivity contribution in [2.45, 2.75) is 0 Å². The Labute approximate surface area is 308 Å². The minimum absolute atomic E-state index is 0.709. The molecule has 52 heavy (non-hydrogen) atoms. The maximum atomic E-state index is 6.16. The molecule has 250 valence electrons. The van der Waals surface area contributed by atoms with Gasteiger partial charge >= 0.3 is 0 Å². The SMILES string of the molecule is Nc1ccc(-c2c3nc(c(-c4ccc(N)cc4)c4ccc(s4)c(-c4ccc(N)cc4)c4nc(c(-c5ccc(N)cc5)c5ccc2s5)C=C4)C=C3)cc1. The van der Waals surface area contributed by atoms with Crippen LogP contribution in [-0.4, -0.2) is 9.97 Å². The molecule has 8 N–H and O–H groups in total. The molecular formula is C44H32N6S2. The van der Waals surface area contributed by atoms with Gasteiger partial charge in [0.05, 0.1) is 22.8 Å². The molecule has 4 aromatic carbocycles. The van der Waals surface area contributed by atoms with Crippen molar-refractivity contribution < 1.29 is 0 Å². The van der Waals surface area contributed by atoms with E-state index in [0.29, 0.717) is 22.7 Å². The summed E-state index contributed by atoms with van der Waals surface area (Å²) in [5.74, 6) is 0. The number of aromatic nitrogens is 2. The fourth-order valence-corrected chi connectivity index (χ4v) is 9.08. The van der Waals surface area contributed by atoms with E-state index in [2.05, 4.69) is 97.1 Å². The Morgan fingerprint density at radius 1 is 0.288 bits per heavy atom. The quantitative estimate of drug-likeness (QED) is 0.135. The number of hydrogen-bond acceptors (Lipinski definition) is 8. The number of nitrogens with zero attached hydrogens (tertiary/aromatic N) is 2. The number of anilines is 4. The van der Waals surface area contributed by atoms with Crippen LogP contribution in [0.25, 0.3) is 87.6 Å². The maximum absolute atomic E-state index is 6.16. The molecule has 0 fully saturated rings. The fraction of sp³-hybridized carbons (Fsp3) is 0. The van der Waals surface area contributed by atoms with Gasteiger partial charge in [0.1, 0.15) is 0 Å². The lowest BCUT2D eigenvalue weighted by Gasteiger charge is -2.07. The van der Waals surface area contributed by atoms with Gasteiger partial charge in [-0.25, -0.2) is 9.97 Å². The van der Waals surface area contributed by atoms with Crippen LogP contribution in [-0.2, 0) is 0 Å². The Morgan fingerprint density at radius 2 is 0.500 bits per heavy atom. The molecule has 0 spiro atoms. The molecule has 8 heteroatoms. The van der Waals surface area contributed by atoms with Crippen molar-refractivity contribution in [1.29, 1.82) is 0 Å². The molecule has 0 saturated heterocycles. The van der Waals surface area contributed by atoms with Crippen LogP contribution in [0.2, 0.25) is 0 Å². The predicted octanol–water partition coefficient (Wildman–Crippen LogP) is 11.1. The molecule has 0 atom stereocenters. The van der Waals surface area contributed by atoms with E-state index >= 15 is 0 Å². The molecule has 0 amide bonds. The predicted molar refractivity (Wildman–Crippen MR) is 225 cm³/mol. The van der Waals surface area contributed by atoms with Gasteiger partial charge in [0, 0.05) is 63.8 Å². The Bertz CT molecular complexity index is 2370. The van der Waals surface area contributed by atoms with E-state index in [-0.39, 0.29) is 0 Å². The summed E-state index contributed by atoms with van der Waals surface area (Å²) in [5, 5.41) is 0. The molecule has 5 heterocycles. The standard InChI is InChI=1S/C44H32N6S2/c45-29-9-1-25(2-10-29)41-33-17-18-34(49-33)42(26-3-11-30(46)12-4-26)39-23-24-40(52-39)44(28-7-15-32(48)16-8-28)36-20-19-35(50-36)43(38-22-21-37(41)51-38)27-5-13-31(47)14-6-27/h1-24H,45-48H2. The topological polar surface area (TPSA) is 130 Å². The summed E-state index contributed by atoms with van der Waals surface area (Å²) < 4.78 is 4.33. The molecule has 9 rings (SSSR count). The molecule has 2 aliphatic heterocycles. The number of nitrogen functional groups attached to an aromatic ring is 4. The Hall–Kier alpha value is -6.48. The van der Waals surface area contributed by atoms with E-state index in [9.17, 15) is 0 Å². The van der Waals surface area contributed by atoms with Crippen LogP contribution in [0.4, 0.5) is 22.7 Å². The van der Waals surface area contributed by atoms with Gasteiger partial charge in [-0.15, -0.1) is 22.7 Å². The molecule has 0 radical (unpaired) electrons. The van der Waals surface area contributed by atoms with E-state index in [0.717, 1.165) is 86.1 Å². The average molecular weight is 709 g/mol. The van der Waals surface area contributed by atoms with Crippen molar-refractivity contribution in [3.8, 4) is 44.5 Å². The highest BCUT2D eigenvalue weighted by Gasteiger charge is 2.19. The number of benzene rings is 4. The zero-order valence-corrected chi connectivity index (χ0v) is 29.5. The van der Waals surface area contributed by atoms with Gasteiger partial charge in [0.15, 0.2) is 0 Å². The summed E-state index contributed by atoms with van der Waals surface area (Å²) in [6.45, 7) is 0. The Kier molecular flexibility index (Phi) is 7.69. The van der Waals surface area contributed by atoms with Gasteiger partial charge in [0.2, 0.25) is 0 Å². The first-order valence-electron chi connectivity index (χ1n) is 16.8. The normalized spacial score (nSPS) is 12.0. The Morgan fingerprint density at radius 3 is 0.712 bits per heavy atom. The van der Waals surface area contributed by atoms with Crippen molar-refractivity contribution >= 4 is 88.5 Å². The first kappa shape index (κ1) is 31.5. The number of thiophene rings is 2. The van der Waals surface area contributed by atoms with Crippen LogP contribution < -0.4 is 22.9 Å². The van der Waals surface area contributed by atoms with Gasteiger partial charge < -0.3 is 22.9 Å². The lowest BCUT2D eigenvalue weighted by molar-refractivity contribution is 1.33. The van der Waals surface area contributed by atoms with Crippen LogP contribution in [0.3, 0.4) is 0 Å². The van der Waals surface area contributed by atoms with Gasteiger partial charge in [-0.05, 0) is 119 Å². The number of rotatable bonds is 4. The third-order valence-electron chi connectivity index (χ3n) is 9.30. The lowest BCUT2D eigenvalue weighted by Crippen LogP contribution is -1.88. The van der Waals surface area contributed by atoms with E-state index in [1.165, 1.54) is 0 Å². The molecule has 6 nitrogen and oxygen atoms in total. The molecule has 0 aliphatic carbocycles. The molecule has 3 aromatic heterocycles. The maximum Gasteiger partial charge on any atom is 0.0730 e. The van der Waals surface area contributed by atoms with Crippen molar-refractivity contribution in [3.05, 3.63) is 144 Å². The van der Waals surface area contributed by atoms with Crippen molar-refractivity contribution in [3.63, 3.8) is 0 Å². The molecular weight excluding hydrogens is 677 g/mol. The highest BCUT2D eigenvalue weighted by molar-refractivity contribution is 7.24. The second-order valence-corrected chi connectivity index (χ2v) is 14.9. The van der Waals surface area contributed by atoms with Crippen molar-refractivity contribution in [1.82, 2.24) is 9.97 Å². The van der Waals surface area contributed by atoms with Gasteiger partial charge in [0.25, 0.3) is 0 Å². The molecule has 2 aliphatic rings. The summed E-state index contributed by atoms with van der Waals surface area (Å²) in [4.78, 5) is 10.8. The average Bonchev–Trinajstić information content (AvgIpc) is 3.99. The van der Waals surface area contributed by atoms with E-state index in [1.54, 1.807) is 22.7 Å². The third-order valence-corrected chi connectivity index (χ3v) is 11.5. The van der Waals surface area contributed by atoms with Crippen molar-refractivity contribution in [2.75, 3.05) is 22.9 Å². The van der Waals surface area contributed by atoms with Crippen LogP contribution >= 0.6 is 22.7 Å². The summed E-state index contributed by atoms with van der Waals surface area (Å²) in [6.07, 6.45) is 8.47. The zero-order valence-electron chi connectivity index (χ0n) is 27.9.